The molecule has 0 amide bonds. The Morgan fingerprint density at radius 3 is 2.06 bits per heavy atom. The van der Waals surface area contributed by atoms with Crippen molar-refractivity contribution in [2.45, 2.75) is 19.5 Å². The van der Waals surface area contributed by atoms with Gasteiger partial charge in [-0.05, 0) is 6.92 Å². The summed E-state index contributed by atoms with van der Waals surface area (Å²) in [6.07, 6.45) is -9.50. The zero-order chi connectivity index (χ0) is 14.1. The molecule has 0 unspecified atom stereocenters. The highest BCUT2D eigenvalue weighted by Gasteiger charge is 2.41. The fraction of sp³-hybridized carbons (Fsp3) is 0.444. The van der Waals surface area contributed by atoms with E-state index in [0.717, 1.165) is 14.0 Å². The van der Waals surface area contributed by atoms with Crippen LogP contribution in [-0.4, -0.2) is 18.5 Å². The standard InChI is InChI=1S/C9H7F6NO2/c1-4-6(8(10,11)12)7(17-2)5(3-16-4)18-9(13,14)15/h3H,1-2H3. The lowest BCUT2D eigenvalue weighted by Gasteiger charge is -2.18. The predicted molar refractivity (Wildman–Crippen MR) is 47.2 cm³/mol. The molecule has 18 heavy (non-hydrogen) atoms. The highest BCUT2D eigenvalue weighted by molar-refractivity contribution is 5.48. The van der Waals surface area contributed by atoms with Gasteiger partial charge in [-0.25, -0.2) is 0 Å². The van der Waals surface area contributed by atoms with Gasteiger partial charge < -0.3 is 9.47 Å². The minimum atomic E-state index is -5.13. The van der Waals surface area contributed by atoms with Gasteiger partial charge in [0.1, 0.15) is 5.56 Å². The van der Waals surface area contributed by atoms with Crippen molar-refractivity contribution in [3.63, 3.8) is 0 Å². The molecule has 0 saturated carbocycles. The molecule has 0 N–H and O–H groups in total. The molecule has 1 rings (SSSR count). The lowest BCUT2D eigenvalue weighted by atomic mass is 10.1. The van der Waals surface area contributed by atoms with E-state index in [0.29, 0.717) is 6.20 Å². The van der Waals surface area contributed by atoms with Crippen LogP contribution < -0.4 is 9.47 Å². The molecular formula is C9H7F6NO2. The summed E-state index contributed by atoms with van der Waals surface area (Å²) < 4.78 is 81.7. The smallest absolute Gasteiger partial charge is 0.492 e. The summed E-state index contributed by atoms with van der Waals surface area (Å²) >= 11 is 0. The topological polar surface area (TPSA) is 31.4 Å². The van der Waals surface area contributed by atoms with Crippen LogP contribution in [0.2, 0.25) is 0 Å². The molecule has 3 nitrogen and oxygen atoms in total. The van der Waals surface area contributed by atoms with Crippen molar-refractivity contribution in [1.29, 1.82) is 0 Å². The number of hydrogen-bond donors (Lipinski definition) is 0. The van der Waals surface area contributed by atoms with Crippen LogP contribution in [0.3, 0.4) is 0 Å². The number of ether oxygens (including phenoxy) is 2. The van der Waals surface area contributed by atoms with Crippen LogP contribution in [0.5, 0.6) is 11.5 Å². The van der Waals surface area contributed by atoms with Crippen LogP contribution in [0.4, 0.5) is 26.3 Å². The molecule has 0 aliphatic heterocycles. The number of hydrogen-bond acceptors (Lipinski definition) is 3. The summed E-state index contributed by atoms with van der Waals surface area (Å²) in [5.74, 6) is -2.18. The van der Waals surface area contributed by atoms with Crippen LogP contribution in [0, 0.1) is 6.92 Å². The SMILES string of the molecule is COc1c(OC(F)(F)F)cnc(C)c1C(F)(F)F. The van der Waals surface area contributed by atoms with E-state index in [-0.39, 0.29) is 0 Å². The lowest BCUT2D eigenvalue weighted by molar-refractivity contribution is -0.275. The predicted octanol–water partition coefficient (Wildman–Crippen LogP) is 3.32. The van der Waals surface area contributed by atoms with Gasteiger partial charge in [0.25, 0.3) is 0 Å². The maximum atomic E-state index is 12.7. The minimum absolute atomic E-state index is 0.506. The van der Waals surface area contributed by atoms with Gasteiger partial charge in [-0.3, -0.25) is 4.98 Å². The normalized spacial score (nSPS) is 12.4. The van der Waals surface area contributed by atoms with E-state index in [1.807, 2.05) is 0 Å². The van der Waals surface area contributed by atoms with Gasteiger partial charge >= 0.3 is 12.5 Å². The number of nitrogens with zero attached hydrogens (tertiary/aromatic N) is 1. The summed E-state index contributed by atoms with van der Waals surface area (Å²) in [4.78, 5) is 3.21. The Labute approximate surface area is 97.3 Å². The molecule has 9 heteroatoms. The Morgan fingerprint density at radius 2 is 1.67 bits per heavy atom. The summed E-state index contributed by atoms with van der Waals surface area (Å²) in [5, 5.41) is 0. The van der Waals surface area contributed by atoms with E-state index < -0.39 is 35.3 Å². The molecule has 0 radical (unpaired) electrons. The Hall–Kier alpha value is -1.67. The first-order valence-electron chi connectivity index (χ1n) is 4.42. The van der Waals surface area contributed by atoms with Crippen molar-refractivity contribution in [3.8, 4) is 11.5 Å². The largest absolute Gasteiger partial charge is 0.573 e. The molecule has 1 aromatic rings. The second-order valence-corrected chi connectivity index (χ2v) is 3.16. The van der Waals surface area contributed by atoms with E-state index in [1.54, 1.807) is 0 Å². The number of aromatic nitrogens is 1. The number of alkyl halides is 6. The van der Waals surface area contributed by atoms with Gasteiger partial charge in [0.15, 0.2) is 11.5 Å². The summed E-state index contributed by atoms with van der Waals surface area (Å²) in [7, 11) is 0.813. The van der Waals surface area contributed by atoms with Gasteiger partial charge in [-0.2, -0.15) is 13.2 Å². The average molecular weight is 275 g/mol. The summed E-state index contributed by atoms with van der Waals surface area (Å²) in [6, 6.07) is 0. The lowest BCUT2D eigenvalue weighted by Crippen LogP contribution is -2.19. The quantitative estimate of drug-likeness (QED) is 0.776. The van der Waals surface area contributed by atoms with E-state index in [1.165, 1.54) is 0 Å². The van der Waals surface area contributed by atoms with Gasteiger partial charge in [0, 0.05) is 0 Å². The van der Waals surface area contributed by atoms with Gasteiger partial charge in [0.05, 0.1) is 19.0 Å². The molecule has 1 heterocycles. The first-order chi connectivity index (χ1) is 8.06. The second-order valence-electron chi connectivity index (χ2n) is 3.16. The molecule has 1 aromatic heterocycles. The number of halogens is 6. The molecule has 0 aliphatic carbocycles. The molecule has 0 aromatic carbocycles. The molecule has 0 fully saturated rings. The molecule has 0 atom stereocenters. The van der Waals surface area contributed by atoms with Crippen molar-refractivity contribution in [2.24, 2.45) is 0 Å². The third-order valence-corrected chi connectivity index (χ3v) is 1.90. The fourth-order valence-electron chi connectivity index (χ4n) is 1.30. The maximum absolute atomic E-state index is 12.7. The van der Waals surface area contributed by atoms with Crippen molar-refractivity contribution in [3.05, 3.63) is 17.5 Å². The maximum Gasteiger partial charge on any atom is 0.573 e. The van der Waals surface area contributed by atoms with Gasteiger partial charge in [-0.1, -0.05) is 0 Å². The van der Waals surface area contributed by atoms with Crippen LogP contribution >= 0.6 is 0 Å². The highest BCUT2D eigenvalue weighted by Crippen LogP contribution is 2.43. The minimum Gasteiger partial charge on any atom is -0.492 e. The Bertz CT molecular complexity index is 440. The van der Waals surface area contributed by atoms with Gasteiger partial charge in [-0.15, -0.1) is 13.2 Å². The van der Waals surface area contributed by atoms with E-state index >= 15 is 0 Å². The summed E-state index contributed by atoms with van der Waals surface area (Å²) in [5.41, 5.74) is -1.90. The van der Waals surface area contributed by atoms with Crippen LogP contribution in [0.15, 0.2) is 6.20 Å². The van der Waals surface area contributed by atoms with E-state index in [9.17, 15) is 26.3 Å². The van der Waals surface area contributed by atoms with Crippen molar-refractivity contribution < 1.29 is 35.8 Å². The molecule has 0 saturated heterocycles. The van der Waals surface area contributed by atoms with Crippen molar-refractivity contribution >= 4 is 0 Å². The molecule has 102 valence electrons. The Kier molecular flexibility index (Phi) is 3.63. The number of rotatable bonds is 2. The number of pyridine rings is 1. The summed E-state index contributed by atoms with van der Waals surface area (Å²) in [6.45, 7) is 1.00. The average Bonchev–Trinajstić information content (AvgIpc) is 2.16. The Morgan fingerprint density at radius 1 is 1.11 bits per heavy atom. The zero-order valence-corrected chi connectivity index (χ0v) is 9.11. The first kappa shape index (κ1) is 14.4. The van der Waals surface area contributed by atoms with Crippen LogP contribution in [0.25, 0.3) is 0 Å². The molecular weight excluding hydrogens is 268 g/mol. The highest BCUT2D eigenvalue weighted by atomic mass is 19.4. The van der Waals surface area contributed by atoms with Gasteiger partial charge in [0.2, 0.25) is 0 Å². The fourth-order valence-corrected chi connectivity index (χ4v) is 1.30. The number of aryl methyl sites for hydroxylation is 1. The van der Waals surface area contributed by atoms with Crippen LogP contribution in [0.1, 0.15) is 11.3 Å². The van der Waals surface area contributed by atoms with Crippen molar-refractivity contribution in [1.82, 2.24) is 4.98 Å². The third kappa shape index (κ3) is 3.17. The molecule has 0 bridgehead atoms. The molecule has 0 spiro atoms. The van der Waals surface area contributed by atoms with Crippen molar-refractivity contribution in [2.75, 3.05) is 7.11 Å². The second kappa shape index (κ2) is 4.54. The zero-order valence-electron chi connectivity index (χ0n) is 9.11. The third-order valence-electron chi connectivity index (χ3n) is 1.90. The first-order valence-corrected chi connectivity index (χ1v) is 4.42. The Balaban J connectivity index is 3.39. The van der Waals surface area contributed by atoms with E-state index in [4.69, 9.17) is 0 Å². The van der Waals surface area contributed by atoms with Crippen LogP contribution in [-0.2, 0) is 6.18 Å². The monoisotopic (exact) mass is 275 g/mol. The van der Waals surface area contributed by atoms with E-state index in [2.05, 4.69) is 14.5 Å². The molecule has 0 aliphatic rings. The number of methoxy groups -OCH3 is 1.